The Morgan fingerprint density at radius 3 is 2.80 bits per heavy atom. The van der Waals surface area contributed by atoms with Crippen LogP contribution in [0.4, 0.5) is 0 Å². The van der Waals surface area contributed by atoms with Gasteiger partial charge in [-0.05, 0) is 98.7 Å². The standard InChI is InChI=1S/C22H32O3/c1-21-8-6-13(23)10-12(21)2-3-14-15(21)7-9-22-11-18-20(25-18)19(24)17(22)5-4-16(14)22/h12-18,20,23H,2-11H2,1H3/t12-,13+,14?,15?,16?,17?,18+,20+,21-,22?/m0/s1. The molecule has 1 saturated heterocycles. The van der Waals surface area contributed by atoms with E-state index in [1.54, 1.807) is 0 Å². The lowest BCUT2D eigenvalue weighted by atomic mass is 9.43. The minimum atomic E-state index is -0.0552. The van der Waals surface area contributed by atoms with Gasteiger partial charge in [-0.2, -0.15) is 0 Å². The van der Waals surface area contributed by atoms with Gasteiger partial charge < -0.3 is 9.84 Å². The highest BCUT2D eigenvalue weighted by atomic mass is 16.6. The third-order valence-corrected chi connectivity index (χ3v) is 10.1. The first-order valence-corrected chi connectivity index (χ1v) is 10.9. The van der Waals surface area contributed by atoms with Gasteiger partial charge in [0.1, 0.15) is 6.10 Å². The first-order valence-electron chi connectivity index (χ1n) is 10.9. The van der Waals surface area contributed by atoms with Crippen LogP contribution in [-0.4, -0.2) is 29.2 Å². The molecule has 0 aromatic heterocycles. The molecule has 1 aliphatic heterocycles. The molecule has 6 rings (SSSR count). The average molecular weight is 344 g/mol. The number of rotatable bonds is 0. The summed E-state index contributed by atoms with van der Waals surface area (Å²) in [6.07, 6.45) is 12.3. The zero-order chi connectivity index (χ0) is 17.0. The van der Waals surface area contributed by atoms with Gasteiger partial charge in [0.15, 0.2) is 5.78 Å². The number of Topliss-reactive ketones (excluding diaryl/α,β-unsaturated/α-hetero) is 1. The van der Waals surface area contributed by atoms with Crippen molar-refractivity contribution in [1.82, 2.24) is 0 Å². The van der Waals surface area contributed by atoms with E-state index in [1.807, 2.05) is 0 Å². The Balaban J connectivity index is 1.33. The van der Waals surface area contributed by atoms with Crippen molar-refractivity contribution in [3.05, 3.63) is 0 Å². The summed E-state index contributed by atoms with van der Waals surface area (Å²) in [5.41, 5.74) is 0.742. The second-order valence-electron chi connectivity index (χ2n) is 10.7. The lowest BCUT2D eigenvalue weighted by Gasteiger charge is -2.61. The molecule has 5 aliphatic carbocycles. The summed E-state index contributed by atoms with van der Waals surface area (Å²) in [7, 11) is 0. The Morgan fingerprint density at radius 1 is 1.04 bits per heavy atom. The highest BCUT2D eigenvalue weighted by Crippen LogP contribution is 2.70. The molecule has 0 aromatic carbocycles. The lowest BCUT2D eigenvalue weighted by molar-refractivity contribution is -0.146. The fraction of sp³-hybridized carbons (Fsp3) is 0.955. The zero-order valence-electron chi connectivity index (χ0n) is 15.5. The summed E-state index contributed by atoms with van der Waals surface area (Å²) in [5.74, 6) is 3.96. The monoisotopic (exact) mass is 344 g/mol. The van der Waals surface area contributed by atoms with Crippen LogP contribution >= 0.6 is 0 Å². The Hall–Kier alpha value is -0.410. The summed E-state index contributed by atoms with van der Waals surface area (Å²) in [4.78, 5) is 12.8. The van der Waals surface area contributed by atoms with Crippen molar-refractivity contribution in [3.8, 4) is 0 Å². The topological polar surface area (TPSA) is 49.8 Å². The van der Waals surface area contributed by atoms with Gasteiger partial charge in [0.05, 0.1) is 12.2 Å². The summed E-state index contributed by atoms with van der Waals surface area (Å²) in [6, 6.07) is 0. The van der Waals surface area contributed by atoms with Crippen LogP contribution in [0.15, 0.2) is 0 Å². The van der Waals surface area contributed by atoms with Gasteiger partial charge in [-0.3, -0.25) is 4.79 Å². The van der Waals surface area contributed by atoms with Crippen molar-refractivity contribution in [2.75, 3.05) is 0 Å². The molecular formula is C22H32O3. The van der Waals surface area contributed by atoms with Crippen LogP contribution in [0.1, 0.15) is 71.1 Å². The van der Waals surface area contributed by atoms with Crippen LogP contribution in [0.2, 0.25) is 0 Å². The number of fused-ring (bicyclic) bond motifs is 5. The number of carbonyl (C=O) groups excluding carboxylic acids is 1. The van der Waals surface area contributed by atoms with Crippen molar-refractivity contribution in [3.63, 3.8) is 0 Å². The number of aliphatic hydroxyl groups excluding tert-OH is 1. The van der Waals surface area contributed by atoms with E-state index in [1.165, 1.54) is 44.9 Å². The van der Waals surface area contributed by atoms with Crippen LogP contribution in [0.3, 0.4) is 0 Å². The minimum Gasteiger partial charge on any atom is -0.393 e. The molecule has 5 saturated carbocycles. The maximum atomic E-state index is 12.8. The Morgan fingerprint density at radius 2 is 1.92 bits per heavy atom. The molecule has 0 radical (unpaired) electrons. The van der Waals surface area contributed by atoms with E-state index < -0.39 is 0 Å². The molecule has 0 bridgehead atoms. The van der Waals surface area contributed by atoms with Crippen LogP contribution in [-0.2, 0) is 9.53 Å². The summed E-state index contributed by atoms with van der Waals surface area (Å²) in [5, 5.41) is 10.2. The molecule has 1 spiro atoms. The molecule has 1 heterocycles. The van der Waals surface area contributed by atoms with Crippen molar-refractivity contribution in [2.45, 2.75) is 89.4 Å². The number of carbonyl (C=O) groups is 1. The number of aliphatic hydroxyl groups is 1. The Kier molecular flexibility index (Phi) is 3.06. The van der Waals surface area contributed by atoms with E-state index in [9.17, 15) is 9.90 Å². The molecule has 6 fully saturated rings. The second kappa shape index (κ2) is 4.90. The Bertz CT molecular complexity index is 616. The van der Waals surface area contributed by atoms with Gasteiger partial charge in [-0.15, -0.1) is 0 Å². The molecule has 1 N–H and O–H groups in total. The molecule has 0 amide bonds. The normalized spacial score (nSPS) is 62.2. The molecule has 3 heteroatoms. The highest BCUT2D eigenvalue weighted by molar-refractivity contribution is 5.90. The SMILES string of the molecule is C[C@]12CC[C@@H](O)C[C@@H]1CCC1C3CCC4C(=O)[C@@H]5O[C@@H]5CC43CCC12. The number of epoxide rings is 1. The number of hydrogen-bond acceptors (Lipinski definition) is 3. The summed E-state index contributed by atoms with van der Waals surface area (Å²) >= 11 is 0. The predicted molar refractivity (Wildman–Crippen MR) is 93.8 cm³/mol. The third kappa shape index (κ3) is 1.87. The summed E-state index contributed by atoms with van der Waals surface area (Å²) in [6.45, 7) is 2.55. The van der Waals surface area contributed by atoms with Crippen molar-refractivity contribution >= 4 is 5.78 Å². The third-order valence-electron chi connectivity index (χ3n) is 10.1. The fourth-order valence-electron chi connectivity index (χ4n) is 8.99. The molecule has 6 aliphatic rings. The summed E-state index contributed by atoms with van der Waals surface area (Å²) < 4.78 is 5.75. The van der Waals surface area contributed by atoms with Gasteiger partial charge in [-0.1, -0.05) is 6.92 Å². The van der Waals surface area contributed by atoms with Crippen LogP contribution in [0, 0.1) is 40.4 Å². The zero-order valence-corrected chi connectivity index (χ0v) is 15.5. The van der Waals surface area contributed by atoms with E-state index in [0.29, 0.717) is 22.5 Å². The van der Waals surface area contributed by atoms with Gasteiger partial charge in [-0.25, -0.2) is 0 Å². The highest BCUT2D eigenvalue weighted by Gasteiger charge is 2.69. The van der Waals surface area contributed by atoms with E-state index in [-0.39, 0.29) is 18.3 Å². The molecule has 3 nitrogen and oxygen atoms in total. The quantitative estimate of drug-likeness (QED) is 0.681. The maximum absolute atomic E-state index is 12.8. The van der Waals surface area contributed by atoms with E-state index in [4.69, 9.17) is 4.74 Å². The Labute approximate surface area is 150 Å². The lowest BCUT2D eigenvalue weighted by Crippen LogP contribution is -2.56. The smallest absolute Gasteiger partial charge is 0.167 e. The van der Waals surface area contributed by atoms with Crippen molar-refractivity contribution in [1.29, 1.82) is 0 Å². The van der Waals surface area contributed by atoms with Crippen LogP contribution in [0.25, 0.3) is 0 Å². The van der Waals surface area contributed by atoms with Gasteiger partial charge in [0.2, 0.25) is 0 Å². The number of ketones is 1. The van der Waals surface area contributed by atoms with Crippen molar-refractivity contribution < 1.29 is 14.6 Å². The molecule has 0 aromatic rings. The molecule has 10 atom stereocenters. The number of hydrogen-bond donors (Lipinski definition) is 1. The van der Waals surface area contributed by atoms with Crippen LogP contribution in [0.5, 0.6) is 0 Å². The van der Waals surface area contributed by atoms with E-state index in [0.717, 1.165) is 42.9 Å². The fourth-order valence-corrected chi connectivity index (χ4v) is 8.99. The first-order chi connectivity index (χ1) is 12.0. The van der Waals surface area contributed by atoms with E-state index in [2.05, 4.69) is 6.92 Å². The maximum Gasteiger partial charge on any atom is 0.167 e. The first kappa shape index (κ1) is 15.6. The second-order valence-corrected chi connectivity index (χ2v) is 10.7. The number of ether oxygens (including phenoxy) is 1. The molecule has 25 heavy (non-hydrogen) atoms. The van der Waals surface area contributed by atoms with Gasteiger partial charge in [0.25, 0.3) is 0 Å². The van der Waals surface area contributed by atoms with Crippen molar-refractivity contribution in [2.24, 2.45) is 40.4 Å². The van der Waals surface area contributed by atoms with E-state index >= 15 is 0 Å². The molecule has 138 valence electrons. The van der Waals surface area contributed by atoms with Crippen LogP contribution < -0.4 is 0 Å². The largest absolute Gasteiger partial charge is 0.393 e. The van der Waals surface area contributed by atoms with Gasteiger partial charge >= 0.3 is 0 Å². The average Bonchev–Trinajstić information content (AvgIpc) is 3.25. The predicted octanol–water partition coefficient (Wildman–Crippen LogP) is 3.73. The molecular weight excluding hydrogens is 312 g/mol. The minimum absolute atomic E-state index is 0.0137. The molecule has 5 unspecified atom stereocenters. The van der Waals surface area contributed by atoms with Gasteiger partial charge in [0, 0.05) is 5.92 Å².